The fraction of sp³-hybridized carbons (Fsp3) is 0. The molecule has 0 aliphatic heterocycles. The first kappa shape index (κ1) is 12.7. The molecule has 0 aliphatic carbocycles. The molecule has 2 aromatic carbocycles. The summed E-state index contributed by atoms with van der Waals surface area (Å²) in [5, 5.41) is 1.73. The summed E-state index contributed by atoms with van der Waals surface area (Å²) in [6, 6.07) is 10.4. The Morgan fingerprint density at radius 3 is 2.53 bits per heavy atom. The summed E-state index contributed by atoms with van der Waals surface area (Å²) in [5.41, 5.74) is 0.773. The van der Waals surface area contributed by atoms with E-state index >= 15 is 0 Å². The second kappa shape index (κ2) is 5.02. The predicted octanol–water partition coefficient (Wildman–Crippen LogP) is 4.69. The van der Waals surface area contributed by atoms with Crippen molar-refractivity contribution in [3.63, 3.8) is 0 Å². The molecule has 0 unspecified atom stereocenters. The van der Waals surface area contributed by atoms with E-state index in [0.717, 1.165) is 14.5 Å². The quantitative estimate of drug-likeness (QED) is 0.449. The average Bonchev–Trinajstić information content (AvgIpc) is 2.43. The van der Waals surface area contributed by atoms with Gasteiger partial charge in [-0.25, -0.2) is 14.4 Å². The summed E-state index contributed by atoms with van der Waals surface area (Å²) in [6.45, 7) is 0. The van der Waals surface area contributed by atoms with E-state index in [4.69, 9.17) is 11.6 Å². The van der Waals surface area contributed by atoms with Crippen molar-refractivity contribution in [3.8, 4) is 11.4 Å². The van der Waals surface area contributed by atoms with E-state index in [0.29, 0.717) is 16.4 Å². The molecule has 1 heterocycles. The molecule has 0 amide bonds. The number of aromatic nitrogens is 2. The smallest absolute Gasteiger partial charge is 0.161 e. The average molecular weight is 385 g/mol. The number of nitrogens with zero attached hydrogens (tertiary/aromatic N) is 2. The van der Waals surface area contributed by atoms with Crippen molar-refractivity contribution in [2.24, 2.45) is 0 Å². The summed E-state index contributed by atoms with van der Waals surface area (Å²) in [6.07, 6.45) is 1.66. The third kappa shape index (κ3) is 2.30. The van der Waals surface area contributed by atoms with Gasteiger partial charge < -0.3 is 0 Å². The van der Waals surface area contributed by atoms with Gasteiger partial charge in [-0.15, -0.1) is 0 Å². The lowest BCUT2D eigenvalue weighted by atomic mass is 10.0. The molecule has 0 saturated heterocycles. The Kier molecular flexibility index (Phi) is 3.36. The first-order chi connectivity index (χ1) is 9.16. The fourth-order valence-corrected chi connectivity index (χ4v) is 2.32. The van der Waals surface area contributed by atoms with Crippen LogP contribution in [0.1, 0.15) is 0 Å². The maximum atomic E-state index is 13.8. The zero-order chi connectivity index (χ0) is 13.4. The van der Waals surface area contributed by atoms with Crippen molar-refractivity contribution in [3.05, 3.63) is 57.1 Å². The van der Waals surface area contributed by atoms with Crippen LogP contribution in [-0.4, -0.2) is 9.97 Å². The minimum Gasteiger partial charge on any atom is -0.235 e. The molecule has 0 bridgehead atoms. The van der Waals surface area contributed by atoms with Gasteiger partial charge in [-0.05, 0) is 40.1 Å². The van der Waals surface area contributed by atoms with Gasteiger partial charge in [-0.3, -0.25) is 0 Å². The van der Waals surface area contributed by atoms with Crippen LogP contribution in [0.5, 0.6) is 0 Å². The topological polar surface area (TPSA) is 25.8 Å². The van der Waals surface area contributed by atoms with Crippen molar-refractivity contribution in [1.29, 1.82) is 0 Å². The lowest BCUT2D eigenvalue weighted by Crippen LogP contribution is -1.93. The molecule has 0 saturated carbocycles. The number of rotatable bonds is 1. The normalized spacial score (nSPS) is 10.9. The second-order valence-electron chi connectivity index (χ2n) is 3.97. The van der Waals surface area contributed by atoms with Crippen LogP contribution in [0.15, 0.2) is 42.6 Å². The highest BCUT2D eigenvalue weighted by Gasteiger charge is 2.10. The third-order valence-corrected chi connectivity index (χ3v) is 4.21. The molecule has 94 valence electrons. The van der Waals surface area contributed by atoms with Gasteiger partial charge in [0.1, 0.15) is 11.0 Å². The van der Waals surface area contributed by atoms with Crippen LogP contribution in [-0.2, 0) is 0 Å². The van der Waals surface area contributed by atoms with Crippen molar-refractivity contribution < 1.29 is 4.39 Å². The number of hydrogen-bond donors (Lipinski definition) is 0. The number of halogens is 3. The molecular weight excluding hydrogens is 378 g/mol. The maximum absolute atomic E-state index is 13.8. The number of hydrogen-bond acceptors (Lipinski definition) is 2. The maximum Gasteiger partial charge on any atom is 0.161 e. The van der Waals surface area contributed by atoms with E-state index in [1.165, 1.54) is 6.07 Å². The molecule has 5 heteroatoms. The Bertz CT molecular complexity index is 776. The summed E-state index contributed by atoms with van der Waals surface area (Å²) >= 11 is 8.08. The van der Waals surface area contributed by atoms with Gasteiger partial charge in [0, 0.05) is 17.1 Å². The van der Waals surface area contributed by atoms with Crippen molar-refractivity contribution in [1.82, 2.24) is 9.97 Å². The van der Waals surface area contributed by atoms with Crippen molar-refractivity contribution >= 4 is 45.0 Å². The Morgan fingerprint density at radius 2 is 1.79 bits per heavy atom. The number of fused-ring (bicyclic) bond motifs is 1. The molecule has 1 aromatic heterocycles. The first-order valence-electron chi connectivity index (χ1n) is 5.52. The molecule has 0 aliphatic rings. The Labute approximate surface area is 127 Å². The van der Waals surface area contributed by atoms with Crippen LogP contribution < -0.4 is 0 Å². The van der Waals surface area contributed by atoms with Gasteiger partial charge in [-0.2, -0.15) is 0 Å². The Hall–Kier alpha value is -1.27. The van der Waals surface area contributed by atoms with Gasteiger partial charge in [-0.1, -0.05) is 35.9 Å². The van der Waals surface area contributed by atoms with Gasteiger partial charge in [0.25, 0.3) is 0 Å². The van der Waals surface area contributed by atoms with Crippen LogP contribution in [0.3, 0.4) is 0 Å². The van der Waals surface area contributed by atoms with Crippen molar-refractivity contribution in [2.45, 2.75) is 0 Å². The molecule has 0 spiro atoms. The van der Waals surface area contributed by atoms with E-state index in [1.54, 1.807) is 24.4 Å². The minimum atomic E-state index is -0.254. The van der Waals surface area contributed by atoms with Crippen LogP contribution in [0.2, 0.25) is 5.15 Å². The van der Waals surface area contributed by atoms with Crippen LogP contribution in [0.4, 0.5) is 4.39 Å². The highest BCUT2D eigenvalue weighted by Crippen LogP contribution is 2.29. The molecule has 19 heavy (non-hydrogen) atoms. The van der Waals surface area contributed by atoms with Gasteiger partial charge >= 0.3 is 0 Å². The lowest BCUT2D eigenvalue weighted by molar-refractivity contribution is 0.640. The minimum absolute atomic E-state index is 0.254. The Balaban J connectivity index is 2.31. The largest absolute Gasteiger partial charge is 0.235 e. The molecule has 0 fully saturated rings. The second-order valence-corrected chi connectivity index (χ2v) is 5.49. The Morgan fingerprint density at radius 1 is 1.05 bits per heavy atom. The zero-order valence-corrected chi connectivity index (χ0v) is 12.5. The lowest BCUT2D eigenvalue weighted by Gasteiger charge is -2.07. The molecule has 0 radical (unpaired) electrons. The summed E-state index contributed by atoms with van der Waals surface area (Å²) in [4.78, 5) is 8.51. The highest BCUT2D eigenvalue weighted by molar-refractivity contribution is 14.1. The van der Waals surface area contributed by atoms with E-state index in [-0.39, 0.29) is 5.82 Å². The van der Waals surface area contributed by atoms with E-state index in [2.05, 4.69) is 32.6 Å². The van der Waals surface area contributed by atoms with Crippen molar-refractivity contribution in [2.75, 3.05) is 0 Å². The summed E-state index contributed by atoms with van der Waals surface area (Å²) < 4.78 is 14.5. The van der Waals surface area contributed by atoms with Gasteiger partial charge in [0.15, 0.2) is 5.82 Å². The van der Waals surface area contributed by atoms with Gasteiger partial charge in [0.2, 0.25) is 0 Å². The van der Waals surface area contributed by atoms with Crippen LogP contribution >= 0.6 is 34.2 Å². The van der Waals surface area contributed by atoms with E-state index < -0.39 is 0 Å². The highest BCUT2D eigenvalue weighted by atomic mass is 127. The number of benzene rings is 2. The standard InChI is InChI=1S/C14H7ClFIN2/c15-13-12(17)7-18-14(19-13)10-5-6-11(16)9-4-2-1-3-8(9)10/h1-7H. The van der Waals surface area contributed by atoms with E-state index in [1.807, 2.05) is 12.1 Å². The van der Waals surface area contributed by atoms with Gasteiger partial charge in [0.05, 0.1) is 3.57 Å². The summed E-state index contributed by atoms with van der Waals surface area (Å²) in [5.74, 6) is 0.248. The molecular formula is C14H7ClFIN2. The predicted molar refractivity (Wildman–Crippen MR) is 82.7 cm³/mol. The molecule has 0 atom stereocenters. The zero-order valence-electron chi connectivity index (χ0n) is 9.57. The SMILES string of the molecule is Fc1ccc(-c2ncc(I)c(Cl)n2)c2ccccc12. The third-order valence-electron chi connectivity index (χ3n) is 2.81. The monoisotopic (exact) mass is 384 g/mol. The molecule has 3 aromatic rings. The van der Waals surface area contributed by atoms with Crippen LogP contribution in [0.25, 0.3) is 22.2 Å². The van der Waals surface area contributed by atoms with Crippen LogP contribution in [0, 0.1) is 9.39 Å². The molecule has 2 nitrogen and oxygen atoms in total. The molecule has 0 N–H and O–H groups in total. The molecule has 3 rings (SSSR count). The summed E-state index contributed by atoms with van der Waals surface area (Å²) in [7, 11) is 0. The first-order valence-corrected chi connectivity index (χ1v) is 6.98. The fourth-order valence-electron chi connectivity index (χ4n) is 1.93. The van der Waals surface area contributed by atoms with E-state index in [9.17, 15) is 4.39 Å².